The van der Waals surface area contributed by atoms with Crippen LogP contribution in [0.3, 0.4) is 0 Å². The summed E-state index contributed by atoms with van der Waals surface area (Å²) in [7, 11) is 0. The van der Waals surface area contributed by atoms with Crippen molar-refractivity contribution in [3.8, 4) is 0 Å². The van der Waals surface area contributed by atoms with Crippen molar-refractivity contribution in [1.29, 1.82) is 0 Å². The van der Waals surface area contributed by atoms with E-state index in [1.165, 1.54) is 23.1 Å². The molecule has 0 saturated heterocycles. The highest BCUT2D eigenvalue weighted by Gasteiger charge is 2.39. The van der Waals surface area contributed by atoms with Crippen LogP contribution in [0.5, 0.6) is 0 Å². The van der Waals surface area contributed by atoms with Gasteiger partial charge in [0.15, 0.2) is 0 Å². The Labute approximate surface area is 122 Å². The lowest BCUT2D eigenvalue weighted by Crippen LogP contribution is -2.40. The van der Waals surface area contributed by atoms with Crippen molar-refractivity contribution in [2.75, 3.05) is 6.54 Å². The molecular formula is C18H27NO. The van der Waals surface area contributed by atoms with E-state index >= 15 is 0 Å². The minimum Gasteiger partial charge on any atom is -0.385 e. The molecule has 2 aliphatic rings. The number of hydrogen-bond donors (Lipinski definition) is 2. The first-order chi connectivity index (χ1) is 9.58. The zero-order valence-electron chi connectivity index (χ0n) is 12.8. The van der Waals surface area contributed by atoms with E-state index < -0.39 is 5.60 Å². The van der Waals surface area contributed by atoms with Gasteiger partial charge in [-0.25, -0.2) is 0 Å². The Morgan fingerprint density at radius 1 is 1.35 bits per heavy atom. The van der Waals surface area contributed by atoms with E-state index in [0.29, 0.717) is 12.0 Å². The van der Waals surface area contributed by atoms with Gasteiger partial charge in [0.25, 0.3) is 0 Å². The standard InChI is InChI=1S/C18H27NO/c1-13(2)12-19-15-8-7-14-5-3-6-17(16(14)11-15)18(20)9-4-10-18/h3,5-6,13,15,19-20H,4,7-12H2,1-2H3. The Kier molecular flexibility index (Phi) is 3.87. The van der Waals surface area contributed by atoms with Gasteiger partial charge in [-0.05, 0) is 67.7 Å². The van der Waals surface area contributed by atoms with Gasteiger partial charge in [0.1, 0.15) is 0 Å². The molecule has 1 atom stereocenters. The van der Waals surface area contributed by atoms with Gasteiger partial charge in [-0.3, -0.25) is 0 Å². The summed E-state index contributed by atoms with van der Waals surface area (Å²) in [6.45, 7) is 5.60. The monoisotopic (exact) mass is 273 g/mol. The highest BCUT2D eigenvalue weighted by atomic mass is 16.3. The predicted molar refractivity (Wildman–Crippen MR) is 82.8 cm³/mol. The van der Waals surface area contributed by atoms with Crippen LogP contribution >= 0.6 is 0 Å². The third kappa shape index (κ3) is 2.64. The Balaban J connectivity index is 1.80. The molecule has 0 amide bonds. The summed E-state index contributed by atoms with van der Waals surface area (Å²) in [5, 5.41) is 14.4. The van der Waals surface area contributed by atoms with Crippen LogP contribution in [0.25, 0.3) is 0 Å². The van der Waals surface area contributed by atoms with Gasteiger partial charge in [0.2, 0.25) is 0 Å². The highest BCUT2D eigenvalue weighted by Crippen LogP contribution is 2.44. The maximum Gasteiger partial charge on any atom is 0.0899 e. The van der Waals surface area contributed by atoms with Gasteiger partial charge in [-0.15, -0.1) is 0 Å². The summed E-state index contributed by atoms with van der Waals surface area (Å²) in [6.07, 6.45) is 6.49. The number of fused-ring (bicyclic) bond motifs is 1. The quantitative estimate of drug-likeness (QED) is 0.883. The fourth-order valence-corrected chi connectivity index (χ4v) is 3.58. The minimum atomic E-state index is -0.523. The van der Waals surface area contributed by atoms with Crippen LogP contribution in [0.1, 0.15) is 56.2 Å². The van der Waals surface area contributed by atoms with Crippen molar-refractivity contribution in [1.82, 2.24) is 5.32 Å². The van der Waals surface area contributed by atoms with E-state index in [4.69, 9.17) is 0 Å². The van der Waals surface area contributed by atoms with Crippen molar-refractivity contribution in [2.24, 2.45) is 5.92 Å². The molecule has 20 heavy (non-hydrogen) atoms. The Hall–Kier alpha value is -0.860. The van der Waals surface area contributed by atoms with Gasteiger partial charge in [0.05, 0.1) is 5.60 Å². The number of aryl methyl sites for hydroxylation is 1. The molecule has 0 heterocycles. The third-order valence-electron chi connectivity index (χ3n) is 4.98. The molecule has 1 aromatic rings. The number of benzene rings is 1. The molecule has 0 aromatic heterocycles. The van der Waals surface area contributed by atoms with Gasteiger partial charge in [-0.2, -0.15) is 0 Å². The molecule has 2 nitrogen and oxygen atoms in total. The van der Waals surface area contributed by atoms with Crippen LogP contribution in [0.2, 0.25) is 0 Å². The van der Waals surface area contributed by atoms with E-state index in [0.717, 1.165) is 38.6 Å². The maximum atomic E-state index is 10.7. The molecule has 3 rings (SSSR count). The molecule has 2 N–H and O–H groups in total. The van der Waals surface area contributed by atoms with Crippen LogP contribution in [0, 0.1) is 5.92 Å². The fraction of sp³-hybridized carbons (Fsp3) is 0.667. The molecule has 110 valence electrons. The van der Waals surface area contributed by atoms with Crippen molar-refractivity contribution in [2.45, 2.75) is 64.0 Å². The van der Waals surface area contributed by atoms with Crippen LogP contribution in [-0.2, 0) is 18.4 Å². The third-order valence-corrected chi connectivity index (χ3v) is 4.98. The molecule has 1 aromatic carbocycles. The fourth-order valence-electron chi connectivity index (χ4n) is 3.58. The summed E-state index contributed by atoms with van der Waals surface area (Å²) in [5.41, 5.74) is 3.59. The molecule has 0 spiro atoms. The second kappa shape index (κ2) is 5.50. The zero-order valence-corrected chi connectivity index (χ0v) is 12.8. The SMILES string of the molecule is CC(C)CNC1CCc2cccc(C3(O)CCC3)c2C1. The lowest BCUT2D eigenvalue weighted by molar-refractivity contribution is -0.0397. The topological polar surface area (TPSA) is 32.3 Å². The maximum absolute atomic E-state index is 10.7. The Morgan fingerprint density at radius 2 is 2.15 bits per heavy atom. The minimum absolute atomic E-state index is 0.523. The van der Waals surface area contributed by atoms with E-state index in [1.807, 2.05) is 0 Å². The van der Waals surface area contributed by atoms with Crippen molar-refractivity contribution >= 4 is 0 Å². The van der Waals surface area contributed by atoms with E-state index in [-0.39, 0.29) is 0 Å². The molecule has 0 radical (unpaired) electrons. The Morgan fingerprint density at radius 3 is 2.80 bits per heavy atom. The molecule has 1 unspecified atom stereocenters. The normalized spacial score (nSPS) is 24.3. The lowest BCUT2D eigenvalue weighted by Gasteiger charge is -2.40. The van der Waals surface area contributed by atoms with E-state index in [2.05, 4.69) is 37.4 Å². The number of rotatable bonds is 4. The molecule has 1 fully saturated rings. The van der Waals surface area contributed by atoms with Crippen LogP contribution < -0.4 is 5.32 Å². The number of hydrogen-bond acceptors (Lipinski definition) is 2. The second-order valence-corrected chi connectivity index (χ2v) is 7.07. The number of nitrogens with one attached hydrogen (secondary N) is 1. The average Bonchev–Trinajstić information content (AvgIpc) is 2.41. The van der Waals surface area contributed by atoms with Crippen molar-refractivity contribution < 1.29 is 5.11 Å². The molecular weight excluding hydrogens is 246 g/mol. The summed E-state index contributed by atoms with van der Waals surface area (Å²) >= 11 is 0. The molecule has 0 bridgehead atoms. The summed E-state index contributed by atoms with van der Waals surface area (Å²) in [6, 6.07) is 7.11. The van der Waals surface area contributed by atoms with Gasteiger partial charge >= 0.3 is 0 Å². The van der Waals surface area contributed by atoms with Crippen LogP contribution in [0.15, 0.2) is 18.2 Å². The predicted octanol–water partition coefficient (Wildman–Crippen LogP) is 3.16. The first kappa shape index (κ1) is 14.1. The number of aliphatic hydroxyl groups is 1. The highest BCUT2D eigenvalue weighted by molar-refractivity contribution is 5.42. The van der Waals surface area contributed by atoms with Gasteiger partial charge in [-0.1, -0.05) is 32.0 Å². The molecule has 2 aliphatic carbocycles. The average molecular weight is 273 g/mol. The van der Waals surface area contributed by atoms with E-state index in [9.17, 15) is 5.11 Å². The van der Waals surface area contributed by atoms with Crippen LogP contribution in [0.4, 0.5) is 0 Å². The van der Waals surface area contributed by atoms with E-state index in [1.54, 1.807) is 0 Å². The van der Waals surface area contributed by atoms with Gasteiger partial charge < -0.3 is 10.4 Å². The Bertz CT molecular complexity index is 476. The summed E-state index contributed by atoms with van der Waals surface area (Å²) < 4.78 is 0. The lowest BCUT2D eigenvalue weighted by atomic mass is 9.71. The first-order valence-corrected chi connectivity index (χ1v) is 8.15. The summed E-state index contributed by atoms with van der Waals surface area (Å²) in [4.78, 5) is 0. The summed E-state index contributed by atoms with van der Waals surface area (Å²) in [5.74, 6) is 0.697. The smallest absolute Gasteiger partial charge is 0.0899 e. The van der Waals surface area contributed by atoms with Gasteiger partial charge in [0, 0.05) is 6.04 Å². The van der Waals surface area contributed by atoms with Crippen molar-refractivity contribution in [3.63, 3.8) is 0 Å². The molecule has 0 aliphatic heterocycles. The first-order valence-electron chi connectivity index (χ1n) is 8.15. The van der Waals surface area contributed by atoms with Crippen LogP contribution in [-0.4, -0.2) is 17.7 Å². The molecule has 1 saturated carbocycles. The largest absolute Gasteiger partial charge is 0.385 e. The molecule has 2 heteroatoms. The van der Waals surface area contributed by atoms with Crippen molar-refractivity contribution in [3.05, 3.63) is 34.9 Å². The second-order valence-electron chi connectivity index (χ2n) is 7.07. The zero-order chi connectivity index (χ0) is 14.2.